The molecule has 0 radical (unpaired) electrons. The smallest absolute Gasteiger partial charge is 0.255 e. The summed E-state index contributed by atoms with van der Waals surface area (Å²) in [6, 6.07) is 4.13. The molecule has 3 rings (SSSR count). The number of sulfonamides is 1. The van der Waals surface area contributed by atoms with Crippen LogP contribution in [0.2, 0.25) is 0 Å². The second-order valence-electron chi connectivity index (χ2n) is 5.37. The first kappa shape index (κ1) is 16.6. The summed E-state index contributed by atoms with van der Waals surface area (Å²) >= 11 is 0. The van der Waals surface area contributed by atoms with Crippen LogP contribution in [-0.2, 0) is 10.0 Å². The highest BCUT2D eigenvalue weighted by molar-refractivity contribution is 7.89. The molecule has 24 heavy (non-hydrogen) atoms. The van der Waals surface area contributed by atoms with E-state index in [0.29, 0.717) is 11.6 Å². The van der Waals surface area contributed by atoms with E-state index < -0.39 is 21.7 Å². The van der Waals surface area contributed by atoms with E-state index in [-0.39, 0.29) is 37.0 Å². The molecule has 0 aliphatic carbocycles. The number of benzene rings is 1. The third-order valence-electron chi connectivity index (χ3n) is 3.90. The van der Waals surface area contributed by atoms with E-state index in [1.54, 1.807) is 23.4 Å². The van der Waals surface area contributed by atoms with Crippen LogP contribution < -0.4 is 0 Å². The van der Waals surface area contributed by atoms with Gasteiger partial charge in [-0.1, -0.05) is 0 Å². The number of H-pyrrole nitrogens is 1. The van der Waals surface area contributed by atoms with E-state index in [9.17, 15) is 22.0 Å². The third kappa shape index (κ3) is 3.04. The Bertz CT molecular complexity index is 845. The topological polar surface area (TPSA) is 73.5 Å². The first-order chi connectivity index (χ1) is 11.4. The Labute approximate surface area is 137 Å². The molecule has 1 aromatic carbocycles. The van der Waals surface area contributed by atoms with Crippen LogP contribution in [0.15, 0.2) is 41.6 Å². The summed E-state index contributed by atoms with van der Waals surface area (Å²) in [6.45, 7) is 0.648. The van der Waals surface area contributed by atoms with Gasteiger partial charge in [0.05, 0.1) is 10.5 Å². The SMILES string of the molecule is O=C(c1cc[nH]c1)N1CCN(S(=O)(=O)c2ccc(F)c(F)c2)CC1. The number of halogens is 2. The molecule has 2 heterocycles. The summed E-state index contributed by atoms with van der Waals surface area (Å²) in [4.78, 5) is 16.3. The highest BCUT2D eigenvalue weighted by Gasteiger charge is 2.31. The van der Waals surface area contributed by atoms with Gasteiger partial charge in [-0.3, -0.25) is 4.79 Å². The zero-order valence-corrected chi connectivity index (χ0v) is 13.4. The summed E-state index contributed by atoms with van der Waals surface area (Å²) < 4.78 is 52.4. The first-order valence-corrected chi connectivity index (χ1v) is 8.71. The molecule has 0 spiro atoms. The van der Waals surface area contributed by atoms with Crippen LogP contribution in [0.5, 0.6) is 0 Å². The summed E-state index contributed by atoms with van der Waals surface area (Å²) in [5.74, 6) is -2.49. The van der Waals surface area contributed by atoms with Gasteiger partial charge in [0.2, 0.25) is 10.0 Å². The zero-order chi connectivity index (χ0) is 17.3. The van der Waals surface area contributed by atoms with Crippen LogP contribution >= 0.6 is 0 Å². The molecule has 6 nitrogen and oxygen atoms in total. The van der Waals surface area contributed by atoms with Crippen molar-refractivity contribution in [2.75, 3.05) is 26.2 Å². The fourth-order valence-corrected chi connectivity index (χ4v) is 3.99. The van der Waals surface area contributed by atoms with Gasteiger partial charge in [0, 0.05) is 38.6 Å². The maximum atomic E-state index is 13.3. The molecule has 0 saturated carbocycles. The Kier molecular flexibility index (Phi) is 4.37. The van der Waals surface area contributed by atoms with Crippen molar-refractivity contribution < 1.29 is 22.0 Å². The number of aromatic amines is 1. The molecular weight excluding hydrogens is 340 g/mol. The number of carbonyl (C=O) groups excluding carboxylic acids is 1. The number of piperazine rings is 1. The Morgan fingerprint density at radius 1 is 1.04 bits per heavy atom. The van der Waals surface area contributed by atoms with Crippen molar-refractivity contribution in [1.29, 1.82) is 0 Å². The maximum Gasteiger partial charge on any atom is 0.255 e. The van der Waals surface area contributed by atoms with Crippen LogP contribution in [0.4, 0.5) is 8.78 Å². The average molecular weight is 355 g/mol. The Hall–Kier alpha value is -2.26. The number of carbonyl (C=O) groups is 1. The zero-order valence-electron chi connectivity index (χ0n) is 12.6. The molecule has 0 bridgehead atoms. The second kappa shape index (κ2) is 6.33. The van der Waals surface area contributed by atoms with Crippen LogP contribution in [0.25, 0.3) is 0 Å². The Morgan fingerprint density at radius 2 is 1.75 bits per heavy atom. The molecule has 0 unspecified atom stereocenters. The van der Waals surface area contributed by atoms with E-state index in [2.05, 4.69) is 4.98 Å². The van der Waals surface area contributed by atoms with Gasteiger partial charge in [-0.2, -0.15) is 4.31 Å². The third-order valence-corrected chi connectivity index (χ3v) is 5.79. The summed E-state index contributed by atoms with van der Waals surface area (Å²) in [6.07, 6.45) is 3.21. The fraction of sp³-hybridized carbons (Fsp3) is 0.267. The molecule has 1 amide bonds. The number of nitrogens with one attached hydrogen (secondary N) is 1. The van der Waals surface area contributed by atoms with Crippen LogP contribution in [0.3, 0.4) is 0 Å². The molecule has 2 aromatic rings. The largest absolute Gasteiger partial charge is 0.367 e. The molecule has 1 aromatic heterocycles. The molecule has 1 N–H and O–H groups in total. The lowest BCUT2D eigenvalue weighted by atomic mass is 10.2. The number of nitrogens with zero attached hydrogens (tertiary/aromatic N) is 2. The number of amides is 1. The summed E-state index contributed by atoms with van der Waals surface area (Å²) in [5.41, 5.74) is 0.506. The molecule has 1 saturated heterocycles. The maximum absolute atomic E-state index is 13.3. The van der Waals surface area contributed by atoms with Gasteiger partial charge in [-0.25, -0.2) is 17.2 Å². The minimum absolute atomic E-state index is 0.0947. The lowest BCUT2D eigenvalue weighted by Crippen LogP contribution is -2.50. The highest BCUT2D eigenvalue weighted by Crippen LogP contribution is 2.20. The second-order valence-corrected chi connectivity index (χ2v) is 7.31. The molecule has 9 heteroatoms. The predicted octanol–water partition coefficient (Wildman–Crippen LogP) is 1.44. The van der Waals surface area contributed by atoms with Crippen molar-refractivity contribution in [3.05, 3.63) is 53.9 Å². The van der Waals surface area contributed by atoms with Gasteiger partial charge in [0.25, 0.3) is 5.91 Å². The normalized spacial score (nSPS) is 16.3. The lowest BCUT2D eigenvalue weighted by Gasteiger charge is -2.33. The van der Waals surface area contributed by atoms with Gasteiger partial charge < -0.3 is 9.88 Å². The molecular formula is C15H15F2N3O3S. The predicted molar refractivity (Wildman–Crippen MR) is 81.8 cm³/mol. The van der Waals surface area contributed by atoms with Gasteiger partial charge in [-0.05, 0) is 24.3 Å². The fourth-order valence-electron chi connectivity index (χ4n) is 2.56. The quantitative estimate of drug-likeness (QED) is 0.905. The first-order valence-electron chi connectivity index (χ1n) is 7.27. The van der Waals surface area contributed by atoms with Crippen molar-refractivity contribution in [3.63, 3.8) is 0 Å². The number of aromatic nitrogens is 1. The molecule has 1 aliphatic heterocycles. The van der Waals surface area contributed by atoms with Crippen LogP contribution in [-0.4, -0.2) is 54.7 Å². The summed E-state index contributed by atoms with van der Waals surface area (Å²) in [5, 5.41) is 0. The van der Waals surface area contributed by atoms with Crippen molar-refractivity contribution in [2.45, 2.75) is 4.90 Å². The number of rotatable bonds is 3. The summed E-state index contributed by atoms with van der Waals surface area (Å²) in [7, 11) is -3.92. The number of hydrogen-bond donors (Lipinski definition) is 1. The van der Waals surface area contributed by atoms with Crippen molar-refractivity contribution in [2.24, 2.45) is 0 Å². The Morgan fingerprint density at radius 3 is 2.33 bits per heavy atom. The van der Waals surface area contributed by atoms with E-state index in [1.807, 2.05) is 0 Å². The van der Waals surface area contributed by atoms with Crippen molar-refractivity contribution in [1.82, 2.24) is 14.2 Å². The average Bonchev–Trinajstić information content (AvgIpc) is 3.11. The van der Waals surface area contributed by atoms with E-state index in [0.717, 1.165) is 12.1 Å². The molecule has 1 aliphatic rings. The van der Waals surface area contributed by atoms with Crippen LogP contribution in [0.1, 0.15) is 10.4 Å². The van der Waals surface area contributed by atoms with Crippen LogP contribution in [0, 0.1) is 11.6 Å². The molecule has 0 atom stereocenters. The lowest BCUT2D eigenvalue weighted by molar-refractivity contribution is 0.0698. The van der Waals surface area contributed by atoms with E-state index >= 15 is 0 Å². The Balaban J connectivity index is 1.71. The molecule has 1 fully saturated rings. The van der Waals surface area contributed by atoms with Gasteiger partial charge in [0.1, 0.15) is 0 Å². The van der Waals surface area contributed by atoms with Crippen molar-refractivity contribution in [3.8, 4) is 0 Å². The minimum Gasteiger partial charge on any atom is -0.367 e. The highest BCUT2D eigenvalue weighted by atomic mass is 32.2. The standard InChI is InChI=1S/C15H15F2N3O3S/c16-13-2-1-12(9-14(13)17)24(22,23)20-7-5-19(6-8-20)15(21)11-3-4-18-10-11/h1-4,9-10,18H,5-8H2. The van der Waals surface area contributed by atoms with Gasteiger partial charge in [0.15, 0.2) is 11.6 Å². The van der Waals surface area contributed by atoms with E-state index in [1.165, 1.54) is 4.31 Å². The van der Waals surface area contributed by atoms with Gasteiger partial charge >= 0.3 is 0 Å². The molecule has 128 valence electrons. The van der Waals surface area contributed by atoms with E-state index in [4.69, 9.17) is 0 Å². The minimum atomic E-state index is -3.92. The van der Waals surface area contributed by atoms with Crippen molar-refractivity contribution >= 4 is 15.9 Å². The van der Waals surface area contributed by atoms with Gasteiger partial charge in [-0.15, -0.1) is 0 Å². The monoisotopic (exact) mass is 355 g/mol. The number of hydrogen-bond acceptors (Lipinski definition) is 3.